The second kappa shape index (κ2) is 22.0. The largest absolute Gasteiger partial charge is 0.394 e. The molecule has 4 rings (SSSR count). The number of nitrogens with one attached hydrogen (secondary N) is 2. The lowest BCUT2D eigenvalue weighted by atomic mass is 9.43. The molecule has 4 saturated carbocycles. The lowest BCUT2D eigenvalue weighted by Gasteiger charge is -2.62. The molecule has 14 N–H and O–H groups in total. The summed E-state index contributed by atoms with van der Waals surface area (Å²) in [5, 5.41) is 124. The van der Waals surface area contributed by atoms with Crippen LogP contribution < -0.4 is 10.6 Å². The van der Waals surface area contributed by atoms with E-state index < -0.39 is 80.0 Å². The van der Waals surface area contributed by atoms with Crippen molar-refractivity contribution in [1.29, 1.82) is 0 Å². The van der Waals surface area contributed by atoms with Crippen LogP contribution in [0.5, 0.6) is 0 Å². The Bertz CT molecular complexity index is 1350. The minimum atomic E-state index is -2.11. The van der Waals surface area contributed by atoms with E-state index in [1.807, 2.05) is 0 Å². The number of carbonyl (C=O) groups excluding carboxylic acids is 3. The normalized spacial score (nSPS) is 34.6. The van der Waals surface area contributed by atoms with Gasteiger partial charge in [-0.05, 0) is 117 Å². The molecule has 4 fully saturated rings. The fourth-order valence-corrected chi connectivity index (χ4v) is 11.8. The number of nitrogens with zero attached hydrogens (tertiary/aromatic N) is 1. The Balaban J connectivity index is 1.35. The summed E-state index contributed by atoms with van der Waals surface area (Å²) in [6, 6.07) is 0. The molecule has 4 aliphatic carbocycles. The third-order valence-electron chi connectivity index (χ3n) is 15.5. The summed E-state index contributed by atoms with van der Waals surface area (Å²) in [6.07, 6.45) is -7.85. The molecule has 0 heterocycles. The second-order valence-electron chi connectivity index (χ2n) is 18.9. The van der Waals surface area contributed by atoms with Crippen molar-refractivity contribution in [3.63, 3.8) is 0 Å². The fraction of sp³-hybridized carbons (Fsp3) is 0.929. The Morgan fingerprint density at radius 3 is 1.75 bits per heavy atom. The number of aliphatic hydroxyl groups is 12. The Labute approximate surface area is 353 Å². The summed E-state index contributed by atoms with van der Waals surface area (Å²) in [5.74, 6) is -0.145. The van der Waals surface area contributed by atoms with E-state index in [9.17, 15) is 65.4 Å². The van der Waals surface area contributed by atoms with Crippen molar-refractivity contribution < 1.29 is 75.7 Å². The van der Waals surface area contributed by atoms with Crippen LogP contribution >= 0.6 is 0 Å². The maximum atomic E-state index is 13.8. The maximum absolute atomic E-state index is 13.8. The maximum Gasteiger partial charge on any atom is 0.251 e. The summed E-state index contributed by atoms with van der Waals surface area (Å²) in [4.78, 5) is 40.3. The molecule has 0 saturated heterocycles. The lowest BCUT2D eigenvalue weighted by molar-refractivity contribution is -0.175. The van der Waals surface area contributed by atoms with Gasteiger partial charge in [0.1, 0.15) is 36.6 Å². The molecule has 18 heteroatoms. The zero-order valence-electron chi connectivity index (χ0n) is 35.5. The van der Waals surface area contributed by atoms with E-state index in [1.54, 1.807) is 4.90 Å². The van der Waals surface area contributed by atoms with Crippen molar-refractivity contribution in [3.8, 4) is 0 Å². The standard InChI is InChI=1S/C42H75N3O15/c1-22(26-9-10-27-25-8-7-23-18-24(48)12-13-41(23,2)28(25)19-31(51)42(26,27)3)6-11-32(52)45(16-4-14-43-39(59)37(57)35(55)33(53)29(49)20-46)17-5-15-44-40(60)38(58)36(56)34(54)30(50)21-47/h22-31,33-38,46-51,53-58H,4-21H2,1-3H3,(H,43,59)(H,44,60)/t22-,23+,24-,25+,26-,27+,28+,29-,30-,31+,33-,34-,35+,36+,37-,38-,41+,42-/m1/s1. The summed E-state index contributed by atoms with van der Waals surface area (Å²) in [6.45, 7) is 5.15. The van der Waals surface area contributed by atoms with Crippen LogP contribution in [0.3, 0.4) is 0 Å². The van der Waals surface area contributed by atoms with Crippen LogP contribution in [0.25, 0.3) is 0 Å². The van der Waals surface area contributed by atoms with Gasteiger partial charge in [0, 0.05) is 32.6 Å². The first kappa shape index (κ1) is 50.6. The van der Waals surface area contributed by atoms with Gasteiger partial charge in [-0.15, -0.1) is 0 Å². The highest BCUT2D eigenvalue weighted by Gasteiger charge is 2.63. The summed E-state index contributed by atoms with van der Waals surface area (Å²) >= 11 is 0. The highest BCUT2D eigenvalue weighted by atomic mass is 16.4. The third-order valence-corrected chi connectivity index (χ3v) is 15.5. The molecule has 0 aromatic carbocycles. The number of aliphatic hydroxyl groups excluding tert-OH is 12. The Morgan fingerprint density at radius 2 is 1.23 bits per heavy atom. The molecule has 60 heavy (non-hydrogen) atoms. The van der Waals surface area contributed by atoms with Gasteiger partial charge in [0.2, 0.25) is 5.91 Å². The Hall–Kier alpha value is -2.07. The van der Waals surface area contributed by atoms with Gasteiger partial charge in [-0.1, -0.05) is 20.8 Å². The average Bonchev–Trinajstić information content (AvgIpc) is 3.61. The first-order chi connectivity index (χ1) is 28.2. The highest BCUT2D eigenvalue weighted by Crippen LogP contribution is 2.68. The summed E-state index contributed by atoms with van der Waals surface area (Å²) < 4.78 is 0. The average molecular weight is 862 g/mol. The fourth-order valence-electron chi connectivity index (χ4n) is 11.8. The van der Waals surface area contributed by atoms with Crippen LogP contribution in [0.2, 0.25) is 0 Å². The minimum Gasteiger partial charge on any atom is -0.394 e. The molecule has 3 amide bonds. The van der Waals surface area contributed by atoms with E-state index in [0.717, 1.165) is 51.4 Å². The Kier molecular flexibility index (Phi) is 18.6. The predicted molar refractivity (Wildman–Crippen MR) is 215 cm³/mol. The van der Waals surface area contributed by atoms with E-state index in [4.69, 9.17) is 10.2 Å². The quantitative estimate of drug-likeness (QED) is 0.0486. The zero-order valence-corrected chi connectivity index (χ0v) is 35.5. The van der Waals surface area contributed by atoms with Gasteiger partial charge in [0.15, 0.2) is 12.2 Å². The number of carbonyl (C=O) groups is 3. The molecule has 0 radical (unpaired) electrons. The van der Waals surface area contributed by atoms with Crippen molar-refractivity contribution in [2.24, 2.45) is 46.3 Å². The van der Waals surface area contributed by atoms with Crippen LogP contribution in [0.15, 0.2) is 0 Å². The van der Waals surface area contributed by atoms with Crippen LogP contribution in [0.4, 0.5) is 0 Å². The number of hydrogen-bond donors (Lipinski definition) is 14. The lowest BCUT2D eigenvalue weighted by Crippen LogP contribution is -2.58. The molecule has 0 spiro atoms. The van der Waals surface area contributed by atoms with Crippen LogP contribution in [0, 0.1) is 46.3 Å². The highest BCUT2D eigenvalue weighted by molar-refractivity contribution is 5.81. The number of fused-ring (bicyclic) bond motifs is 5. The first-order valence-corrected chi connectivity index (χ1v) is 22.1. The van der Waals surface area contributed by atoms with E-state index in [1.165, 1.54) is 0 Å². The molecule has 18 atom stereocenters. The van der Waals surface area contributed by atoms with E-state index >= 15 is 0 Å². The van der Waals surface area contributed by atoms with Gasteiger partial charge in [0.05, 0.1) is 25.4 Å². The van der Waals surface area contributed by atoms with Crippen molar-refractivity contribution >= 4 is 17.7 Å². The summed E-state index contributed by atoms with van der Waals surface area (Å²) in [5.41, 5.74) is -0.164. The second-order valence-corrected chi connectivity index (χ2v) is 18.9. The van der Waals surface area contributed by atoms with Crippen molar-refractivity contribution in [2.45, 2.75) is 159 Å². The van der Waals surface area contributed by atoms with Gasteiger partial charge in [-0.25, -0.2) is 0 Å². The van der Waals surface area contributed by atoms with Crippen LogP contribution in [0.1, 0.15) is 97.8 Å². The predicted octanol–water partition coefficient (Wildman–Crippen LogP) is -2.89. The molecule has 4 aliphatic rings. The van der Waals surface area contributed by atoms with E-state index in [-0.39, 0.29) is 80.1 Å². The topological polar surface area (TPSA) is 321 Å². The smallest absolute Gasteiger partial charge is 0.251 e. The van der Waals surface area contributed by atoms with Gasteiger partial charge in [0.25, 0.3) is 11.8 Å². The van der Waals surface area contributed by atoms with Gasteiger partial charge >= 0.3 is 0 Å². The summed E-state index contributed by atoms with van der Waals surface area (Å²) in [7, 11) is 0. The van der Waals surface area contributed by atoms with Crippen LogP contribution in [-0.4, -0.2) is 184 Å². The molecule has 0 bridgehead atoms. The van der Waals surface area contributed by atoms with Gasteiger partial charge < -0.3 is 76.8 Å². The van der Waals surface area contributed by atoms with Gasteiger partial charge in [-0.2, -0.15) is 0 Å². The molecular formula is C42H75N3O15. The number of rotatable bonds is 22. The zero-order chi connectivity index (χ0) is 44.7. The van der Waals surface area contributed by atoms with E-state index in [2.05, 4.69) is 31.4 Å². The molecular weight excluding hydrogens is 786 g/mol. The molecule has 0 aromatic rings. The minimum absolute atomic E-state index is 0.0491. The molecule has 18 nitrogen and oxygen atoms in total. The Morgan fingerprint density at radius 1 is 0.700 bits per heavy atom. The third kappa shape index (κ3) is 11.2. The monoisotopic (exact) mass is 862 g/mol. The SMILES string of the molecule is C[C@H](CCC(=O)N(CCCNC(=O)[C@H](O)[C@@H](O)[C@H](O)[C@H](O)CO)CCCNC(=O)[C@H](O)[C@@H](O)[C@H](O)[C@H](O)CO)[C@H]1CC[C@H]2[C@@H]3CC[C@H]4C[C@H](O)CC[C@]4(C)[C@H]3C[C@H](O)[C@]12C. The number of hydrogen-bond acceptors (Lipinski definition) is 15. The van der Waals surface area contributed by atoms with Crippen LogP contribution in [-0.2, 0) is 14.4 Å². The van der Waals surface area contributed by atoms with Crippen molar-refractivity contribution in [1.82, 2.24) is 15.5 Å². The first-order valence-electron chi connectivity index (χ1n) is 22.1. The molecule has 0 unspecified atom stereocenters. The molecule has 0 aromatic heterocycles. The molecule has 0 aliphatic heterocycles. The van der Waals surface area contributed by atoms with Crippen molar-refractivity contribution in [3.05, 3.63) is 0 Å². The number of amides is 3. The van der Waals surface area contributed by atoms with E-state index in [0.29, 0.717) is 30.1 Å². The van der Waals surface area contributed by atoms with Crippen molar-refractivity contribution in [2.75, 3.05) is 39.4 Å². The van der Waals surface area contributed by atoms with Gasteiger partial charge in [-0.3, -0.25) is 14.4 Å². The molecule has 348 valence electrons.